The number of para-hydroxylation sites is 2. The van der Waals surface area contributed by atoms with Gasteiger partial charge in [0.05, 0.1) is 30.7 Å². The molecule has 4 atom stereocenters. The number of anilines is 2. The fourth-order valence-corrected chi connectivity index (χ4v) is 6.05. The van der Waals surface area contributed by atoms with Crippen molar-refractivity contribution in [3.05, 3.63) is 57.6 Å². The van der Waals surface area contributed by atoms with Gasteiger partial charge in [-0.15, -0.1) is 0 Å². The van der Waals surface area contributed by atoms with E-state index in [1.54, 1.807) is 12.1 Å². The van der Waals surface area contributed by atoms with Crippen LogP contribution in [0.4, 0.5) is 11.4 Å². The van der Waals surface area contributed by atoms with Gasteiger partial charge in [0.15, 0.2) is 0 Å². The van der Waals surface area contributed by atoms with E-state index in [0.29, 0.717) is 46.6 Å². The quantitative estimate of drug-likeness (QED) is 0.178. The van der Waals surface area contributed by atoms with Crippen LogP contribution < -0.4 is 15.1 Å². The first-order chi connectivity index (χ1) is 21.0. The summed E-state index contributed by atoms with van der Waals surface area (Å²) in [4.78, 5) is 30.3. The molecule has 0 saturated heterocycles. The molecule has 240 valence electrons. The summed E-state index contributed by atoms with van der Waals surface area (Å²) in [6.45, 7) is 0.344. The predicted octanol–water partition coefficient (Wildman–Crippen LogP) is 1.54. The smallest absolute Gasteiger partial charge is 0.259 e. The Labute approximate surface area is 265 Å². The van der Waals surface area contributed by atoms with Crippen molar-refractivity contribution in [1.29, 1.82) is 0 Å². The van der Waals surface area contributed by atoms with Crippen molar-refractivity contribution in [3.63, 3.8) is 0 Å². The van der Waals surface area contributed by atoms with E-state index in [-0.39, 0.29) is 31.9 Å². The molecule has 13 heteroatoms. The number of hydrogen-bond donors (Lipinski definition) is 6. The molecule has 0 bridgehead atoms. The van der Waals surface area contributed by atoms with Crippen molar-refractivity contribution in [2.24, 2.45) is 0 Å². The molecule has 5 rings (SSSR count). The zero-order valence-corrected chi connectivity index (χ0v) is 25.8. The lowest BCUT2D eigenvalue weighted by atomic mass is 10.0. The van der Waals surface area contributed by atoms with Gasteiger partial charge < -0.3 is 45.4 Å². The van der Waals surface area contributed by atoms with Gasteiger partial charge in [-0.05, 0) is 67.5 Å². The third kappa shape index (κ3) is 7.32. The van der Waals surface area contributed by atoms with Crippen LogP contribution in [-0.4, -0.2) is 99.6 Å². The van der Waals surface area contributed by atoms with E-state index in [9.17, 15) is 30.0 Å². The largest absolute Gasteiger partial charge is 0.394 e. The molecule has 2 fully saturated rings. The summed E-state index contributed by atoms with van der Waals surface area (Å²) in [6, 6.07) is 11.9. The highest BCUT2D eigenvalue weighted by atomic mass is 35.5. The molecule has 2 amide bonds. The average Bonchev–Trinajstić information content (AvgIpc) is 3.97. The number of nitrogens with zero attached hydrogens (tertiary/aromatic N) is 2. The van der Waals surface area contributed by atoms with Crippen molar-refractivity contribution in [3.8, 4) is 0 Å². The van der Waals surface area contributed by atoms with Crippen LogP contribution in [0.3, 0.4) is 0 Å². The monoisotopic (exact) mass is 651 g/mol. The first kappa shape index (κ1) is 32.9. The maximum absolute atomic E-state index is 13.7. The molecule has 2 saturated carbocycles. The second-order valence-electron chi connectivity index (χ2n) is 11.8. The average molecular weight is 653 g/mol. The van der Waals surface area contributed by atoms with Crippen LogP contribution in [-0.2, 0) is 27.4 Å². The normalized spacial score (nSPS) is 20.0. The molecule has 6 N–H and O–H groups in total. The Hall–Kier alpha value is -2.48. The van der Waals surface area contributed by atoms with Gasteiger partial charge in [-0.3, -0.25) is 9.59 Å². The van der Waals surface area contributed by atoms with Crippen molar-refractivity contribution in [2.45, 2.75) is 81.2 Å². The lowest BCUT2D eigenvalue weighted by molar-refractivity contribution is -0.134. The molecule has 0 unspecified atom stereocenters. The van der Waals surface area contributed by atoms with E-state index < -0.39 is 42.5 Å². The minimum absolute atomic E-state index is 0.00360. The number of ether oxygens (including phenoxy) is 1. The molecule has 0 radical (unpaired) electrons. The van der Waals surface area contributed by atoms with E-state index in [0.717, 1.165) is 17.9 Å². The van der Waals surface area contributed by atoms with Gasteiger partial charge in [-0.1, -0.05) is 35.3 Å². The minimum Gasteiger partial charge on any atom is -0.394 e. The molecule has 2 aromatic carbocycles. The number of fused-ring (bicyclic) bond motifs is 1. The number of carbonyl (C=O) groups is 2. The summed E-state index contributed by atoms with van der Waals surface area (Å²) in [5.41, 5.74) is 2.37. The highest BCUT2D eigenvalue weighted by Crippen LogP contribution is 2.46. The second-order valence-corrected chi connectivity index (χ2v) is 12.6. The molecule has 0 aromatic heterocycles. The molecule has 3 aliphatic rings. The van der Waals surface area contributed by atoms with Crippen LogP contribution in [0.1, 0.15) is 43.2 Å². The lowest BCUT2D eigenvalue weighted by Crippen LogP contribution is -2.49. The third-order valence-corrected chi connectivity index (χ3v) is 9.25. The molecule has 2 aliphatic carbocycles. The molecule has 1 heterocycles. The molecule has 2 aromatic rings. The lowest BCUT2D eigenvalue weighted by Gasteiger charge is -2.39. The van der Waals surface area contributed by atoms with E-state index in [4.69, 9.17) is 33.0 Å². The number of hydrogen-bond acceptors (Lipinski definition) is 9. The third-order valence-electron chi connectivity index (χ3n) is 8.55. The van der Waals surface area contributed by atoms with Gasteiger partial charge in [0.25, 0.3) is 5.91 Å². The fourth-order valence-electron chi connectivity index (χ4n) is 5.53. The first-order valence-electron chi connectivity index (χ1n) is 14.9. The zero-order valence-electron chi connectivity index (χ0n) is 24.2. The number of aliphatic hydroxyl groups is 5. The summed E-state index contributed by atoms with van der Waals surface area (Å²) in [5.74, 6) is -0.483. The maximum atomic E-state index is 13.7. The number of aryl methyl sites for hydroxylation is 1. The molecule has 11 nitrogen and oxygen atoms in total. The van der Waals surface area contributed by atoms with Crippen molar-refractivity contribution >= 4 is 46.4 Å². The number of benzene rings is 2. The molecular weight excluding hydrogens is 613 g/mol. The minimum atomic E-state index is -1.78. The Morgan fingerprint density at radius 2 is 1.59 bits per heavy atom. The highest BCUT2D eigenvalue weighted by molar-refractivity contribution is 6.34. The number of nitrogens with one attached hydrogen (secondary N) is 1. The topological polar surface area (TPSA) is 163 Å². The SMILES string of the molecule is O=C(CCc1cc(Cl)c(COC2(C(=O)N3CCN(C4CC4)c4ccccc43)CC2)cc1Cl)NC[C@H](O)[C@@H](O)[C@H](O)[C@H](O)CO. The van der Waals surface area contributed by atoms with E-state index in [1.165, 1.54) is 12.8 Å². The Kier molecular flexibility index (Phi) is 10.4. The van der Waals surface area contributed by atoms with Crippen LogP contribution in [0, 0.1) is 0 Å². The maximum Gasteiger partial charge on any atom is 0.259 e. The zero-order chi connectivity index (χ0) is 31.6. The summed E-state index contributed by atoms with van der Waals surface area (Å²) >= 11 is 13.1. The van der Waals surface area contributed by atoms with E-state index in [2.05, 4.69) is 16.3 Å². The first-order valence-corrected chi connectivity index (χ1v) is 15.7. The number of rotatable bonds is 14. The van der Waals surface area contributed by atoms with Crippen molar-refractivity contribution < 1.29 is 39.9 Å². The Balaban J connectivity index is 1.13. The van der Waals surface area contributed by atoms with Gasteiger partial charge in [0, 0.05) is 42.1 Å². The van der Waals surface area contributed by atoms with Gasteiger partial charge in [0.2, 0.25) is 5.91 Å². The number of carbonyl (C=O) groups excluding carboxylic acids is 2. The summed E-state index contributed by atoms with van der Waals surface area (Å²) in [7, 11) is 0. The van der Waals surface area contributed by atoms with Crippen LogP contribution in [0.2, 0.25) is 10.0 Å². The molecular formula is C31H39Cl2N3O8. The Morgan fingerprint density at radius 1 is 0.955 bits per heavy atom. The summed E-state index contributed by atoms with van der Waals surface area (Å²) < 4.78 is 6.23. The number of aliphatic hydroxyl groups excluding tert-OH is 5. The predicted molar refractivity (Wildman–Crippen MR) is 165 cm³/mol. The Bertz CT molecular complexity index is 1360. The van der Waals surface area contributed by atoms with Crippen molar-refractivity contribution in [1.82, 2.24) is 5.32 Å². The van der Waals surface area contributed by atoms with Crippen LogP contribution >= 0.6 is 23.2 Å². The Morgan fingerprint density at radius 3 is 2.25 bits per heavy atom. The fraction of sp³-hybridized carbons (Fsp3) is 0.548. The van der Waals surface area contributed by atoms with Crippen LogP contribution in [0.25, 0.3) is 0 Å². The number of halogens is 2. The summed E-state index contributed by atoms with van der Waals surface area (Å²) in [6.07, 6.45) is -2.86. The standard InChI is InChI=1S/C31H39Cl2N3O8/c32-21-14-19(22(33)13-18(21)5-8-27(40)34-15-25(38)28(41)29(42)26(39)16-37)17-44-31(9-10-31)30(43)36-12-11-35(20-6-7-20)23-3-1-2-4-24(23)36/h1-4,13-14,20,25-26,28-29,37-39,41-42H,5-12,15-17H2,(H,34,40)/t25-,26+,28+,29+/m0/s1. The highest BCUT2D eigenvalue weighted by Gasteiger charge is 2.54. The second kappa shape index (κ2) is 13.9. The van der Waals surface area contributed by atoms with Gasteiger partial charge >= 0.3 is 0 Å². The molecule has 44 heavy (non-hydrogen) atoms. The number of amides is 2. The van der Waals surface area contributed by atoms with E-state index >= 15 is 0 Å². The van der Waals surface area contributed by atoms with Crippen molar-refractivity contribution in [2.75, 3.05) is 36.0 Å². The molecule has 0 spiro atoms. The molecule has 1 aliphatic heterocycles. The summed E-state index contributed by atoms with van der Waals surface area (Å²) in [5, 5.41) is 51.1. The van der Waals surface area contributed by atoms with Gasteiger partial charge in [-0.25, -0.2) is 0 Å². The van der Waals surface area contributed by atoms with Gasteiger partial charge in [-0.2, -0.15) is 0 Å². The van der Waals surface area contributed by atoms with Gasteiger partial charge in [0.1, 0.15) is 23.9 Å². The van der Waals surface area contributed by atoms with Crippen LogP contribution in [0.15, 0.2) is 36.4 Å². The van der Waals surface area contributed by atoms with Crippen LogP contribution in [0.5, 0.6) is 0 Å². The van der Waals surface area contributed by atoms with E-state index in [1.807, 2.05) is 23.1 Å².